The summed E-state index contributed by atoms with van der Waals surface area (Å²) in [5.74, 6) is 2.26. The Kier molecular flexibility index (Phi) is 3.99. The maximum absolute atomic E-state index is 6.45. The predicted octanol–water partition coefficient (Wildman–Crippen LogP) is 3.80. The molecule has 3 nitrogen and oxygen atoms in total. The van der Waals surface area contributed by atoms with Crippen molar-refractivity contribution < 1.29 is 9.47 Å². The number of hydrogen-bond donors (Lipinski definition) is 1. The van der Waals surface area contributed by atoms with E-state index in [0.29, 0.717) is 19.1 Å². The molecule has 3 rings (SSSR count). The number of halogens is 1. The zero-order chi connectivity index (χ0) is 13.2. The summed E-state index contributed by atoms with van der Waals surface area (Å²) in [6.45, 7) is 1.43. The van der Waals surface area contributed by atoms with Crippen molar-refractivity contribution in [2.24, 2.45) is 11.7 Å². The minimum absolute atomic E-state index is 0.0917. The molecule has 0 bridgehead atoms. The largest absolute Gasteiger partial charge is 0.490 e. The predicted molar refractivity (Wildman–Crippen MR) is 78.6 cm³/mol. The first-order chi connectivity index (χ1) is 9.25. The van der Waals surface area contributed by atoms with Gasteiger partial charge in [-0.15, -0.1) is 0 Å². The lowest BCUT2D eigenvalue weighted by molar-refractivity contribution is 0.297. The normalized spacial score (nSPS) is 21.2. The lowest BCUT2D eigenvalue weighted by Gasteiger charge is -2.22. The van der Waals surface area contributed by atoms with E-state index in [-0.39, 0.29) is 6.04 Å². The minimum atomic E-state index is 0.0917. The van der Waals surface area contributed by atoms with Crippen LogP contribution in [0.2, 0.25) is 0 Å². The van der Waals surface area contributed by atoms with E-state index in [1.54, 1.807) is 0 Å². The zero-order valence-electron chi connectivity index (χ0n) is 11.0. The summed E-state index contributed by atoms with van der Waals surface area (Å²) in [4.78, 5) is 0. The third-order valence-corrected chi connectivity index (χ3v) is 4.82. The number of ether oxygens (including phenoxy) is 2. The SMILES string of the molecule is NC(c1cc2c(cc1Br)OCCCO2)C1CCCC1. The smallest absolute Gasteiger partial charge is 0.162 e. The Balaban J connectivity index is 1.90. The average Bonchev–Trinajstić information content (AvgIpc) is 2.84. The summed E-state index contributed by atoms with van der Waals surface area (Å²) in [6, 6.07) is 4.16. The molecule has 1 aromatic carbocycles. The Bertz CT molecular complexity index is 458. The molecule has 0 radical (unpaired) electrons. The molecular formula is C15H20BrNO2. The lowest BCUT2D eigenvalue weighted by Crippen LogP contribution is -2.19. The van der Waals surface area contributed by atoms with Crippen LogP contribution in [0.4, 0.5) is 0 Å². The van der Waals surface area contributed by atoms with Gasteiger partial charge in [-0.25, -0.2) is 0 Å². The molecule has 1 unspecified atom stereocenters. The second-order valence-electron chi connectivity index (χ2n) is 5.44. The molecule has 1 atom stereocenters. The highest BCUT2D eigenvalue weighted by atomic mass is 79.9. The van der Waals surface area contributed by atoms with Crippen molar-refractivity contribution in [3.63, 3.8) is 0 Å². The molecule has 104 valence electrons. The highest BCUT2D eigenvalue weighted by Gasteiger charge is 2.26. The average molecular weight is 326 g/mol. The van der Waals surface area contributed by atoms with Crippen LogP contribution in [0.5, 0.6) is 11.5 Å². The number of hydrogen-bond acceptors (Lipinski definition) is 3. The minimum Gasteiger partial charge on any atom is -0.490 e. The van der Waals surface area contributed by atoms with E-state index in [0.717, 1.165) is 28.0 Å². The van der Waals surface area contributed by atoms with Crippen molar-refractivity contribution in [3.05, 3.63) is 22.2 Å². The van der Waals surface area contributed by atoms with E-state index in [2.05, 4.69) is 22.0 Å². The highest BCUT2D eigenvalue weighted by molar-refractivity contribution is 9.10. The van der Waals surface area contributed by atoms with Crippen LogP contribution in [0.1, 0.15) is 43.7 Å². The van der Waals surface area contributed by atoms with Crippen LogP contribution in [0, 0.1) is 5.92 Å². The quantitative estimate of drug-likeness (QED) is 0.899. The molecule has 2 aliphatic rings. The van der Waals surface area contributed by atoms with E-state index in [1.807, 2.05) is 6.07 Å². The molecule has 0 aromatic heterocycles. The van der Waals surface area contributed by atoms with Crippen LogP contribution in [-0.2, 0) is 0 Å². The van der Waals surface area contributed by atoms with E-state index < -0.39 is 0 Å². The topological polar surface area (TPSA) is 44.5 Å². The Morgan fingerprint density at radius 3 is 2.37 bits per heavy atom. The van der Waals surface area contributed by atoms with Gasteiger partial charge in [0.15, 0.2) is 11.5 Å². The van der Waals surface area contributed by atoms with Gasteiger partial charge in [0.2, 0.25) is 0 Å². The summed E-state index contributed by atoms with van der Waals surface area (Å²) >= 11 is 3.63. The fraction of sp³-hybridized carbons (Fsp3) is 0.600. The first-order valence-electron chi connectivity index (χ1n) is 7.10. The standard InChI is InChI=1S/C15H20BrNO2/c16-12-9-14-13(18-6-3-7-19-14)8-11(12)15(17)10-4-1-2-5-10/h8-10,15H,1-7,17H2. The first kappa shape index (κ1) is 13.3. The zero-order valence-corrected chi connectivity index (χ0v) is 12.6. The fourth-order valence-corrected chi connectivity index (χ4v) is 3.61. The van der Waals surface area contributed by atoms with Crippen molar-refractivity contribution in [2.75, 3.05) is 13.2 Å². The number of fused-ring (bicyclic) bond motifs is 1. The summed E-state index contributed by atoms with van der Waals surface area (Å²) < 4.78 is 12.5. The molecule has 1 saturated carbocycles. The van der Waals surface area contributed by atoms with Gasteiger partial charge < -0.3 is 15.2 Å². The van der Waals surface area contributed by atoms with Gasteiger partial charge in [-0.2, -0.15) is 0 Å². The second kappa shape index (κ2) is 5.71. The molecule has 19 heavy (non-hydrogen) atoms. The van der Waals surface area contributed by atoms with Crippen molar-refractivity contribution in [1.82, 2.24) is 0 Å². The number of nitrogens with two attached hydrogens (primary N) is 1. The molecular weight excluding hydrogens is 306 g/mol. The Labute approximate surface area is 122 Å². The van der Waals surface area contributed by atoms with Crippen LogP contribution in [0.25, 0.3) is 0 Å². The molecule has 0 spiro atoms. The van der Waals surface area contributed by atoms with Gasteiger partial charge in [0.1, 0.15) is 0 Å². The molecule has 1 fully saturated rings. The maximum atomic E-state index is 6.45. The van der Waals surface area contributed by atoms with Crippen LogP contribution in [0.3, 0.4) is 0 Å². The summed E-state index contributed by atoms with van der Waals surface area (Å²) in [6.07, 6.45) is 6.02. The van der Waals surface area contributed by atoms with Gasteiger partial charge in [-0.05, 0) is 36.5 Å². The summed E-state index contributed by atoms with van der Waals surface area (Å²) in [7, 11) is 0. The van der Waals surface area contributed by atoms with E-state index >= 15 is 0 Å². The molecule has 4 heteroatoms. The molecule has 1 aliphatic carbocycles. The Hall–Kier alpha value is -0.740. The number of rotatable bonds is 2. The molecule has 2 N–H and O–H groups in total. The molecule has 1 aliphatic heterocycles. The van der Waals surface area contributed by atoms with Crippen LogP contribution in [0.15, 0.2) is 16.6 Å². The van der Waals surface area contributed by atoms with Gasteiger partial charge >= 0.3 is 0 Å². The van der Waals surface area contributed by atoms with Crippen molar-refractivity contribution in [2.45, 2.75) is 38.1 Å². The third kappa shape index (κ3) is 2.75. The maximum Gasteiger partial charge on any atom is 0.162 e. The highest BCUT2D eigenvalue weighted by Crippen LogP contribution is 2.41. The van der Waals surface area contributed by atoms with Crippen LogP contribution >= 0.6 is 15.9 Å². The summed E-state index contributed by atoms with van der Waals surface area (Å²) in [5.41, 5.74) is 7.60. The third-order valence-electron chi connectivity index (χ3n) is 4.13. The van der Waals surface area contributed by atoms with Gasteiger partial charge in [-0.1, -0.05) is 28.8 Å². The van der Waals surface area contributed by atoms with E-state index in [1.165, 1.54) is 25.7 Å². The van der Waals surface area contributed by atoms with Gasteiger partial charge in [-0.3, -0.25) is 0 Å². The van der Waals surface area contributed by atoms with Crippen molar-refractivity contribution in [1.29, 1.82) is 0 Å². The Morgan fingerprint density at radius 2 is 1.68 bits per heavy atom. The van der Waals surface area contributed by atoms with Crippen LogP contribution < -0.4 is 15.2 Å². The van der Waals surface area contributed by atoms with Crippen molar-refractivity contribution in [3.8, 4) is 11.5 Å². The molecule has 1 aromatic rings. The molecule has 0 saturated heterocycles. The molecule has 0 amide bonds. The monoisotopic (exact) mass is 325 g/mol. The van der Waals surface area contributed by atoms with E-state index in [4.69, 9.17) is 15.2 Å². The second-order valence-corrected chi connectivity index (χ2v) is 6.30. The number of benzene rings is 1. The van der Waals surface area contributed by atoms with E-state index in [9.17, 15) is 0 Å². The van der Waals surface area contributed by atoms with Crippen molar-refractivity contribution >= 4 is 15.9 Å². The molecule has 1 heterocycles. The summed E-state index contributed by atoms with van der Waals surface area (Å²) in [5, 5.41) is 0. The van der Waals surface area contributed by atoms with Crippen LogP contribution in [-0.4, -0.2) is 13.2 Å². The lowest BCUT2D eigenvalue weighted by atomic mass is 9.92. The van der Waals surface area contributed by atoms with Gasteiger partial charge in [0.05, 0.1) is 13.2 Å². The van der Waals surface area contributed by atoms with Gasteiger partial charge in [0.25, 0.3) is 0 Å². The first-order valence-corrected chi connectivity index (χ1v) is 7.89. The Morgan fingerprint density at radius 1 is 1.05 bits per heavy atom. The fourth-order valence-electron chi connectivity index (χ4n) is 3.03. The van der Waals surface area contributed by atoms with Gasteiger partial charge in [0, 0.05) is 16.9 Å².